The molecule has 0 unspecified atom stereocenters. The van der Waals surface area contributed by atoms with E-state index >= 15 is 0 Å². The van der Waals surface area contributed by atoms with Gasteiger partial charge in [-0.15, -0.1) is 11.3 Å². The zero-order chi connectivity index (χ0) is 12.6. The van der Waals surface area contributed by atoms with Crippen molar-refractivity contribution in [2.24, 2.45) is 0 Å². The Morgan fingerprint density at radius 2 is 1.94 bits per heavy atom. The number of rotatable bonds is 2. The predicted molar refractivity (Wildman–Crippen MR) is 56.6 cm³/mol. The van der Waals surface area contributed by atoms with Crippen LogP contribution in [0.3, 0.4) is 0 Å². The van der Waals surface area contributed by atoms with Gasteiger partial charge in [-0.3, -0.25) is 0 Å². The minimum atomic E-state index is -4.58. The van der Waals surface area contributed by atoms with E-state index in [9.17, 15) is 13.2 Å². The molecule has 16 heavy (non-hydrogen) atoms. The van der Waals surface area contributed by atoms with Crippen LogP contribution in [0.4, 0.5) is 13.2 Å². The zero-order valence-corrected chi connectivity index (χ0v) is 10.1. The third-order valence-electron chi connectivity index (χ3n) is 2.07. The number of hydrogen-bond acceptors (Lipinski definition) is 3. The van der Waals surface area contributed by atoms with Crippen molar-refractivity contribution in [2.75, 3.05) is 0 Å². The second-order valence-corrected chi connectivity index (χ2v) is 5.58. The normalized spacial score (nSPS) is 15.2. The Bertz CT molecular complexity index is 354. The van der Waals surface area contributed by atoms with Crippen LogP contribution in [0.2, 0.25) is 0 Å². The largest absolute Gasteiger partial charge is 0.414 e. The van der Waals surface area contributed by atoms with Crippen LogP contribution >= 0.6 is 11.3 Å². The number of alkyl halides is 3. The van der Waals surface area contributed by atoms with Gasteiger partial charge in [0.2, 0.25) is 0 Å². The van der Waals surface area contributed by atoms with Gasteiger partial charge in [0.15, 0.2) is 6.10 Å². The first-order chi connectivity index (χ1) is 7.10. The van der Waals surface area contributed by atoms with E-state index in [1.807, 2.05) is 20.8 Å². The number of aromatic nitrogens is 1. The van der Waals surface area contributed by atoms with Crippen molar-refractivity contribution in [2.45, 2.75) is 44.9 Å². The summed E-state index contributed by atoms with van der Waals surface area (Å²) in [5, 5.41) is 10.9. The smallest absolute Gasteiger partial charge is 0.383 e. The van der Waals surface area contributed by atoms with E-state index in [0.29, 0.717) is 5.01 Å². The van der Waals surface area contributed by atoms with Gasteiger partial charge in [-0.1, -0.05) is 20.8 Å². The summed E-state index contributed by atoms with van der Waals surface area (Å²) >= 11 is 1.15. The maximum atomic E-state index is 12.1. The summed E-state index contributed by atoms with van der Waals surface area (Å²) in [6.45, 7) is 5.81. The van der Waals surface area contributed by atoms with Crippen molar-refractivity contribution in [3.63, 3.8) is 0 Å². The molecule has 0 fully saturated rings. The van der Waals surface area contributed by atoms with Crippen molar-refractivity contribution < 1.29 is 18.3 Å². The number of halogens is 3. The molecule has 1 aromatic rings. The second kappa shape index (κ2) is 4.33. The molecule has 6 heteroatoms. The van der Waals surface area contributed by atoms with Crippen LogP contribution in [-0.2, 0) is 11.8 Å². The third-order valence-corrected chi connectivity index (χ3v) is 2.94. The zero-order valence-electron chi connectivity index (χ0n) is 9.30. The lowest BCUT2D eigenvalue weighted by Gasteiger charge is -2.15. The molecular formula is C10H14F3NOS. The Morgan fingerprint density at radius 1 is 1.38 bits per heavy atom. The highest BCUT2D eigenvalue weighted by atomic mass is 32.1. The molecule has 0 aliphatic rings. The number of nitrogens with zero attached hydrogens (tertiary/aromatic N) is 1. The van der Waals surface area contributed by atoms with E-state index in [4.69, 9.17) is 5.11 Å². The number of hydrogen-bond donors (Lipinski definition) is 1. The van der Waals surface area contributed by atoms with Gasteiger partial charge >= 0.3 is 6.18 Å². The topological polar surface area (TPSA) is 33.1 Å². The molecule has 0 saturated heterocycles. The molecule has 92 valence electrons. The Labute approximate surface area is 96.1 Å². The number of aliphatic hydroxyl groups is 1. The van der Waals surface area contributed by atoms with Crippen LogP contribution < -0.4 is 0 Å². The van der Waals surface area contributed by atoms with Gasteiger partial charge in [-0.2, -0.15) is 13.2 Å². The molecule has 1 aromatic heterocycles. The maximum absolute atomic E-state index is 12.1. The Hall–Kier alpha value is -0.620. The van der Waals surface area contributed by atoms with Crippen LogP contribution in [0.1, 0.15) is 31.5 Å². The molecule has 1 rings (SSSR count). The fraction of sp³-hybridized carbons (Fsp3) is 0.700. The average Bonchev–Trinajstić information content (AvgIpc) is 2.49. The molecule has 1 heterocycles. The maximum Gasteiger partial charge on any atom is 0.414 e. The van der Waals surface area contributed by atoms with E-state index in [0.717, 1.165) is 17.0 Å². The predicted octanol–water partition coefficient (Wildman–Crippen LogP) is 2.91. The monoisotopic (exact) mass is 253 g/mol. The van der Waals surface area contributed by atoms with Gasteiger partial charge in [0.05, 0.1) is 10.7 Å². The van der Waals surface area contributed by atoms with Crippen LogP contribution in [0.15, 0.2) is 5.38 Å². The summed E-state index contributed by atoms with van der Waals surface area (Å²) in [7, 11) is 0. The van der Waals surface area contributed by atoms with Gasteiger partial charge in [-0.25, -0.2) is 4.98 Å². The van der Waals surface area contributed by atoms with Gasteiger partial charge in [0, 0.05) is 17.2 Å². The third kappa shape index (κ3) is 3.45. The summed E-state index contributed by atoms with van der Waals surface area (Å²) in [4.78, 5) is 4.09. The molecule has 1 atom stereocenters. The number of thiazole rings is 1. The first kappa shape index (κ1) is 13.4. The summed E-state index contributed by atoms with van der Waals surface area (Å²) in [5.74, 6) is 0. The molecule has 0 radical (unpaired) electrons. The van der Waals surface area contributed by atoms with Crippen LogP contribution in [-0.4, -0.2) is 22.4 Å². The average molecular weight is 253 g/mol. The molecule has 0 aliphatic heterocycles. The van der Waals surface area contributed by atoms with Gasteiger partial charge < -0.3 is 5.11 Å². The molecule has 1 N–H and O–H groups in total. The number of aliphatic hydroxyl groups excluding tert-OH is 1. The quantitative estimate of drug-likeness (QED) is 0.879. The van der Waals surface area contributed by atoms with E-state index in [-0.39, 0.29) is 5.41 Å². The van der Waals surface area contributed by atoms with Crippen molar-refractivity contribution in [1.82, 2.24) is 4.98 Å². The Kier molecular flexibility index (Phi) is 3.64. The molecule has 0 bridgehead atoms. The summed E-state index contributed by atoms with van der Waals surface area (Å²) in [5.41, 5.74) is 0.569. The van der Waals surface area contributed by atoms with E-state index < -0.39 is 18.7 Å². The minimum absolute atomic E-state index is 0.183. The Balaban J connectivity index is 2.74. The highest BCUT2D eigenvalue weighted by Gasteiger charge is 2.38. The first-order valence-electron chi connectivity index (χ1n) is 4.80. The molecule has 0 aromatic carbocycles. The summed E-state index contributed by atoms with van der Waals surface area (Å²) in [6.07, 6.45) is -7.37. The van der Waals surface area contributed by atoms with Crippen molar-refractivity contribution in [1.29, 1.82) is 0 Å². The molecule has 0 aliphatic carbocycles. The highest BCUT2D eigenvalue weighted by molar-refractivity contribution is 7.09. The Morgan fingerprint density at radius 3 is 2.31 bits per heavy atom. The van der Waals surface area contributed by atoms with E-state index in [1.54, 1.807) is 5.38 Å². The van der Waals surface area contributed by atoms with E-state index in [1.165, 1.54) is 0 Å². The van der Waals surface area contributed by atoms with Crippen LogP contribution in [0.25, 0.3) is 0 Å². The van der Waals surface area contributed by atoms with Crippen LogP contribution in [0, 0.1) is 0 Å². The molecule has 0 amide bonds. The molecular weight excluding hydrogens is 239 g/mol. The summed E-state index contributed by atoms with van der Waals surface area (Å²) < 4.78 is 36.3. The van der Waals surface area contributed by atoms with E-state index in [2.05, 4.69) is 4.98 Å². The highest BCUT2D eigenvalue weighted by Crippen LogP contribution is 2.27. The van der Waals surface area contributed by atoms with Crippen LogP contribution in [0.5, 0.6) is 0 Å². The fourth-order valence-electron chi connectivity index (χ4n) is 1.03. The fourth-order valence-corrected chi connectivity index (χ4v) is 2.09. The van der Waals surface area contributed by atoms with Gasteiger partial charge in [0.25, 0.3) is 0 Å². The lowest BCUT2D eigenvalue weighted by molar-refractivity contribution is -0.203. The molecule has 0 spiro atoms. The SMILES string of the molecule is CC(C)(C)c1csc(C[C@H](O)C(F)(F)F)n1. The lowest BCUT2D eigenvalue weighted by Crippen LogP contribution is -2.30. The summed E-state index contributed by atoms with van der Waals surface area (Å²) in [6, 6.07) is 0. The first-order valence-corrected chi connectivity index (χ1v) is 5.68. The molecule has 2 nitrogen and oxygen atoms in total. The van der Waals surface area contributed by atoms with Crippen molar-refractivity contribution >= 4 is 11.3 Å². The second-order valence-electron chi connectivity index (χ2n) is 4.64. The van der Waals surface area contributed by atoms with Crippen molar-refractivity contribution in [3.8, 4) is 0 Å². The minimum Gasteiger partial charge on any atom is -0.383 e. The van der Waals surface area contributed by atoms with Crippen molar-refractivity contribution in [3.05, 3.63) is 16.1 Å². The van der Waals surface area contributed by atoms with Gasteiger partial charge in [0.1, 0.15) is 0 Å². The lowest BCUT2D eigenvalue weighted by atomic mass is 9.93. The molecule has 0 saturated carbocycles. The standard InChI is InChI=1S/C10H14F3NOS/c1-9(2,3)6-5-16-8(14-6)4-7(15)10(11,12)13/h5,7,15H,4H2,1-3H3/t7-/m0/s1. The van der Waals surface area contributed by atoms with Gasteiger partial charge in [-0.05, 0) is 0 Å².